The topological polar surface area (TPSA) is 83.6 Å². The lowest BCUT2D eigenvalue weighted by molar-refractivity contribution is -0.131. The van der Waals surface area contributed by atoms with E-state index in [1.807, 2.05) is 0 Å². The molecule has 1 heterocycles. The van der Waals surface area contributed by atoms with Crippen LogP contribution in [0.3, 0.4) is 0 Å². The Morgan fingerprint density at radius 2 is 1.75 bits per heavy atom. The lowest BCUT2D eigenvalue weighted by atomic mass is 9.92. The Balaban J connectivity index is 1.72. The van der Waals surface area contributed by atoms with Gasteiger partial charge in [0.25, 0.3) is 5.91 Å². The summed E-state index contributed by atoms with van der Waals surface area (Å²) in [7, 11) is -3.48. The first-order valence-electron chi connectivity index (χ1n) is 8.52. The number of urea groups is 1. The smallest absolute Gasteiger partial charge is 0.319 e. The van der Waals surface area contributed by atoms with Crippen molar-refractivity contribution in [1.82, 2.24) is 10.2 Å². The Bertz CT molecular complexity index is 1030. The zero-order chi connectivity index (χ0) is 20.5. The number of nitrogens with zero attached hydrogens (tertiary/aromatic N) is 1. The minimum absolute atomic E-state index is 0.0163. The Labute approximate surface area is 173 Å². The normalized spacial score (nSPS) is 19.8. The second kappa shape index (κ2) is 7.73. The van der Waals surface area contributed by atoms with Crippen LogP contribution >= 0.6 is 23.2 Å². The van der Waals surface area contributed by atoms with Gasteiger partial charge in [-0.1, -0.05) is 47.5 Å². The molecular weight excluding hydrogens is 423 g/mol. The number of carbonyl (C=O) groups is 2. The molecule has 3 amide bonds. The Morgan fingerprint density at radius 3 is 2.39 bits per heavy atom. The maximum Gasteiger partial charge on any atom is 0.325 e. The van der Waals surface area contributed by atoms with Crippen LogP contribution in [-0.2, 0) is 20.2 Å². The van der Waals surface area contributed by atoms with Crippen LogP contribution in [0.15, 0.2) is 53.4 Å². The summed E-state index contributed by atoms with van der Waals surface area (Å²) in [6.07, 6.45) is 0.126. The van der Waals surface area contributed by atoms with Gasteiger partial charge in [-0.2, -0.15) is 0 Å². The summed E-state index contributed by atoms with van der Waals surface area (Å²) >= 11 is 12.1. The number of sulfone groups is 1. The SMILES string of the molecule is CC1(c2ccc(Cl)cc2Cl)NC(=O)N(CCCS(=O)(=O)c2ccccc2)C1=O. The van der Waals surface area contributed by atoms with Crippen molar-refractivity contribution in [2.45, 2.75) is 23.8 Å². The number of rotatable bonds is 6. The molecule has 6 nitrogen and oxygen atoms in total. The third-order valence-electron chi connectivity index (χ3n) is 4.64. The number of amides is 3. The second-order valence-electron chi connectivity index (χ2n) is 6.62. The molecule has 1 N–H and O–H groups in total. The van der Waals surface area contributed by atoms with Gasteiger partial charge in [0, 0.05) is 22.2 Å². The van der Waals surface area contributed by atoms with E-state index in [0.29, 0.717) is 10.6 Å². The monoisotopic (exact) mass is 440 g/mol. The molecule has 2 aromatic carbocycles. The first-order chi connectivity index (χ1) is 13.1. The lowest BCUT2D eigenvalue weighted by Crippen LogP contribution is -2.41. The maximum atomic E-state index is 12.9. The lowest BCUT2D eigenvalue weighted by Gasteiger charge is -2.23. The number of benzene rings is 2. The van der Waals surface area contributed by atoms with Crippen molar-refractivity contribution in [2.75, 3.05) is 12.3 Å². The molecule has 0 bridgehead atoms. The fourth-order valence-electron chi connectivity index (χ4n) is 3.14. The van der Waals surface area contributed by atoms with Crippen molar-refractivity contribution >= 4 is 45.0 Å². The first-order valence-corrected chi connectivity index (χ1v) is 10.9. The summed E-state index contributed by atoms with van der Waals surface area (Å²) in [6, 6.07) is 12.1. The predicted molar refractivity (Wildman–Crippen MR) is 107 cm³/mol. The molecule has 0 saturated carbocycles. The first kappa shape index (κ1) is 20.6. The van der Waals surface area contributed by atoms with E-state index in [9.17, 15) is 18.0 Å². The van der Waals surface area contributed by atoms with Crippen LogP contribution in [0.1, 0.15) is 18.9 Å². The fraction of sp³-hybridized carbons (Fsp3) is 0.263. The van der Waals surface area contributed by atoms with Crippen LogP contribution in [-0.4, -0.2) is 37.6 Å². The van der Waals surface area contributed by atoms with Gasteiger partial charge < -0.3 is 5.32 Å². The van der Waals surface area contributed by atoms with E-state index in [1.54, 1.807) is 37.3 Å². The Kier molecular flexibility index (Phi) is 5.70. The van der Waals surface area contributed by atoms with Crippen LogP contribution in [0.4, 0.5) is 4.79 Å². The molecule has 1 atom stereocenters. The zero-order valence-corrected chi connectivity index (χ0v) is 17.3. The summed E-state index contributed by atoms with van der Waals surface area (Å²) in [5.41, 5.74) is -0.909. The van der Waals surface area contributed by atoms with Gasteiger partial charge in [-0.3, -0.25) is 9.69 Å². The Hall–Kier alpha value is -2.09. The second-order valence-corrected chi connectivity index (χ2v) is 9.57. The van der Waals surface area contributed by atoms with E-state index in [-0.39, 0.29) is 28.6 Å². The summed E-state index contributed by atoms with van der Waals surface area (Å²) in [5.74, 6) is -0.661. The molecule has 0 aromatic heterocycles. The number of carbonyl (C=O) groups excluding carboxylic acids is 2. The number of hydrogen-bond acceptors (Lipinski definition) is 4. The highest BCUT2D eigenvalue weighted by Crippen LogP contribution is 2.35. The quantitative estimate of drug-likeness (QED) is 0.695. The third-order valence-corrected chi connectivity index (χ3v) is 7.01. The van der Waals surface area contributed by atoms with Crippen LogP contribution in [0.25, 0.3) is 0 Å². The van der Waals surface area contributed by atoms with Crippen molar-refractivity contribution < 1.29 is 18.0 Å². The van der Waals surface area contributed by atoms with Gasteiger partial charge in [-0.15, -0.1) is 0 Å². The largest absolute Gasteiger partial charge is 0.325 e. The molecule has 1 fully saturated rings. The van der Waals surface area contributed by atoms with Crippen LogP contribution in [0.5, 0.6) is 0 Å². The molecule has 1 saturated heterocycles. The molecule has 2 aromatic rings. The highest BCUT2D eigenvalue weighted by molar-refractivity contribution is 7.91. The van der Waals surface area contributed by atoms with Crippen molar-refractivity contribution in [2.24, 2.45) is 0 Å². The van der Waals surface area contributed by atoms with E-state index in [4.69, 9.17) is 23.2 Å². The zero-order valence-electron chi connectivity index (χ0n) is 15.0. The molecule has 148 valence electrons. The summed E-state index contributed by atoms with van der Waals surface area (Å²) < 4.78 is 24.7. The summed E-state index contributed by atoms with van der Waals surface area (Å²) in [4.78, 5) is 26.5. The van der Waals surface area contributed by atoms with E-state index in [1.165, 1.54) is 18.2 Å². The van der Waals surface area contributed by atoms with Gasteiger partial charge in [0.2, 0.25) is 0 Å². The van der Waals surface area contributed by atoms with Gasteiger partial charge in [0.05, 0.1) is 10.6 Å². The molecular formula is C19H18Cl2N2O4S. The average Bonchev–Trinajstić information content (AvgIpc) is 2.86. The predicted octanol–water partition coefficient (Wildman–Crippen LogP) is 3.62. The minimum Gasteiger partial charge on any atom is -0.319 e. The highest BCUT2D eigenvalue weighted by Gasteiger charge is 2.49. The van der Waals surface area contributed by atoms with Crippen LogP contribution < -0.4 is 5.32 Å². The van der Waals surface area contributed by atoms with E-state index in [2.05, 4.69) is 5.32 Å². The van der Waals surface area contributed by atoms with Crippen molar-refractivity contribution in [1.29, 1.82) is 0 Å². The van der Waals surface area contributed by atoms with Crippen molar-refractivity contribution in [3.63, 3.8) is 0 Å². The molecule has 1 unspecified atom stereocenters. The number of hydrogen-bond donors (Lipinski definition) is 1. The van der Waals surface area contributed by atoms with Gasteiger partial charge in [-0.25, -0.2) is 13.2 Å². The molecule has 0 aliphatic carbocycles. The molecule has 1 aliphatic heterocycles. The summed E-state index contributed by atoms with van der Waals surface area (Å²) in [6.45, 7) is 1.54. The molecule has 3 rings (SSSR count). The highest BCUT2D eigenvalue weighted by atomic mass is 35.5. The van der Waals surface area contributed by atoms with E-state index in [0.717, 1.165) is 4.90 Å². The van der Waals surface area contributed by atoms with Gasteiger partial charge in [0.1, 0.15) is 5.54 Å². The number of halogens is 2. The number of nitrogens with one attached hydrogen (secondary N) is 1. The third kappa shape index (κ3) is 3.87. The summed E-state index contributed by atoms with van der Waals surface area (Å²) in [5, 5.41) is 3.32. The molecule has 9 heteroatoms. The van der Waals surface area contributed by atoms with Crippen LogP contribution in [0.2, 0.25) is 10.0 Å². The van der Waals surface area contributed by atoms with Gasteiger partial charge >= 0.3 is 6.03 Å². The van der Waals surface area contributed by atoms with Crippen molar-refractivity contribution in [3.05, 3.63) is 64.1 Å². The fourth-order valence-corrected chi connectivity index (χ4v) is 5.05. The van der Waals surface area contributed by atoms with E-state index < -0.39 is 27.3 Å². The maximum absolute atomic E-state index is 12.9. The van der Waals surface area contributed by atoms with Gasteiger partial charge in [-0.05, 0) is 37.6 Å². The standard InChI is InChI=1S/C19H18Cl2N2O4S/c1-19(15-9-8-13(20)12-16(15)21)17(24)23(18(25)22-19)10-5-11-28(26,27)14-6-3-2-4-7-14/h2-4,6-9,12H,5,10-11H2,1H3,(H,22,25). The van der Waals surface area contributed by atoms with Crippen LogP contribution in [0, 0.1) is 0 Å². The van der Waals surface area contributed by atoms with Gasteiger partial charge in [0.15, 0.2) is 9.84 Å². The van der Waals surface area contributed by atoms with Crippen molar-refractivity contribution in [3.8, 4) is 0 Å². The average molecular weight is 441 g/mol. The molecule has 28 heavy (non-hydrogen) atoms. The molecule has 0 spiro atoms. The molecule has 1 aliphatic rings. The van der Waals surface area contributed by atoms with E-state index >= 15 is 0 Å². The number of imide groups is 1. The Morgan fingerprint density at radius 1 is 1.07 bits per heavy atom. The molecule has 0 radical (unpaired) electrons. The minimum atomic E-state index is -3.48.